The van der Waals surface area contributed by atoms with Crippen molar-refractivity contribution in [3.63, 3.8) is 0 Å². The van der Waals surface area contributed by atoms with Gasteiger partial charge in [-0.25, -0.2) is 0 Å². The molecule has 2 aromatic carbocycles. The minimum atomic E-state index is 0.0813. The van der Waals surface area contributed by atoms with Gasteiger partial charge >= 0.3 is 0 Å². The minimum absolute atomic E-state index is 0.0813. The van der Waals surface area contributed by atoms with Crippen LogP contribution in [0.2, 0.25) is 10.0 Å². The summed E-state index contributed by atoms with van der Waals surface area (Å²) in [5, 5.41) is 4.25. The lowest BCUT2D eigenvalue weighted by Gasteiger charge is -2.26. The molecule has 0 fully saturated rings. The Morgan fingerprint density at radius 2 is 1.96 bits per heavy atom. The monoisotopic (exact) mass is 347 g/mol. The predicted octanol–water partition coefficient (Wildman–Crippen LogP) is 5.12. The Bertz CT molecular complexity index is 714. The van der Waals surface area contributed by atoms with E-state index in [-0.39, 0.29) is 11.9 Å². The average Bonchev–Trinajstić information content (AvgIpc) is 2.56. The van der Waals surface area contributed by atoms with Gasteiger partial charge in [0.25, 0.3) is 0 Å². The second kappa shape index (κ2) is 7.37. The van der Waals surface area contributed by atoms with Gasteiger partial charge in [0.15, 0.2) is 0 Å². The van der Waals surface area contributed by atoms with E-state index in [2.05, 4.69) is 23.5 Å². The normalized spacial score (nSPS) is 16.7. The number of benzene rings is 2. The molecule has 0 unspecified atom stereocenters. The first-order valence-electron chi connectivity index (χ1n) is 7.94. The molecule has 0 bridgehead atoms. The van der Waals surface area contributed by atoms with Crippen LogP contribution in [-0.4, -0.2) is 5.91 Å². The molecule has 0 aliphatic heterocycles. The van der Waals surface area contributed by atoms with Crippen molar-refractivity contribution < 1.29 is 4.79 Å². The van der Waals surface area contributed by atoms with Crippen molar-refractivity contribution in [2.24, 2.45) is 0 Å². The molecule has 1 atom stereocenters. The number of amides is 1. The van der Waals surface area contributed by atoms with Crippen LogP contribution in [0.3, 0.4) is 0 Å². The molecule has 2 aromatic rings. The summed E-state index contributed by atoms with van der Waals surface area (Å²) in [7, 11) is 0. The Morgan fingerprint density at radius 3 is 2.78 bits per heavy atom. The van der Waals surface area contributed by atoms with Gasteiger partial charge in [-0.1, -0.05) is 53.5 Å². The van der Waals surface area contributed by atoms with E-state index in [1.165, 1.54) is 11.1 Å². The van der Waals surface area contributed by atoms with Gasteiger partial charge in [-0.15, -0.1) is 0 Å². The maximum absolute atomic E-state index is 12.3. The number of carbonyl (C=O) groups excluding carboxylic acids is 1. The zero-order valence-corrected chi connectivity index (χ0v) is 14.3. The highest BCUT2D eigenvalue weighted by atomic mass is 35.5. The van der Waals surface area contributed by atoms with Crippen LogP contribution >= 0.6 is 23.2 Å². The van der Waals surface area contributed by atoms with Gasteiger partial charge < -0.3 is 5.32 Å². The molecule has 0 saturated carbocycles. The largest absolute Gasteiger partial charge is 0.349 e. The van der Waals surface area contributed by atoms with E-state index in [4.69, 9.17) is 23.2 Å². The van der Waals surface area contributed by atoms with Crippen LogP contribution in [0.1, 0.15) is 42.0 Å². The summed E-state index contributed by atoms with van der Waals surface area (Å²) >= 11 is 11.9. The van der Waals surface area contributed by atoms with Crippen molar-refractivity contribution in [3.05, 3.63) is 69.2 Å². The molecule has 1 N–H and O–H groups in total. The Hall–Kier alpha value is -1.51. The third kappa shape index (κ3) is 4.07. The Labute approximate surface area is 146 Å². The van der Waals surface area contributed by atoms with Gasteiger partial charge in [0.2, 0.25) is 5.91 Å². The lowest BCUT2D eigenvalue weighted by Crippen LogP contribution is -2.31. The average molecular weight is 348 g/mol. The van der Waals surface area contributed by atoms with E-state index >= 15 is 0 Å². The van der Waals surface area contributed by atoms with E-state index in [0.29, 0.717) is 22.9 Å². The number of rotatable bonds is 4. The summed E-state index contributed by atoms with van der Waals surface area (Å²) in [5.41, 5.74) is 3.65. The van der Waals surface area contributed by atoms with Gasteiger partial charge in [-0.05, 0) is 54.5 Å². The van der Waals surface area contributed by atoms with Crippen LogP contribution in [0.15, 0.2) is 42.5 Å². The van der Waals surface area contributed by atoms with E-state index in [1.54, 1.807) is 6.07 Å². The molecule has 4 heteroatoms. The highest BCUT2D eigenvalue weighted by Gasteiger charge is 2.21. The Morgan fingerprint density at radius 1 is 1.13 bits per heavy atom. The van der Waals surface area contributed by atoms with Crippen LogP contribution in [0.4, 0.5) is 0 Å². The van der Waals surface area contributed by atoms with Crippen LogP contribution in [-0.2, 0) is 17.6 Å². The second-order valence-corrected chi connectivity index (χ2v) is 6.77. The summed E-state index contributed by atoms with van der Waals surface area (Å²) in [5.74, 6) is 0.0813. The van der Waals surface area contributed by atoms with Gasteiger partial charge in [-0.3, -0.25) is 4.79 Å². The lowest BCUT2D eigenvalue weighted by molar-refractivity contribution is -0.121. The maximum atomic E-state index is 12.3. The second-order valence-electron chi connectivity index (χ2n) is 5.96. The van der Waals surface area contributed by atoms with Gasteiger partial charge in [-0.2, -0.15) is 0 Å². The van der Waals surface area contributed by atoms with E-state index in [0.717, 1.165) is 24.8 Å². The van der Waals surface area contributed by atoms with Crippen molar-refractivity contribution in [2.45, 2.75) is 38.1 Å². The molecule has 0 spiro atoms. The van der Waals surface area contributed by atoms with Crippen molar-refractivity contribution in [1.82, 2.24) is 5.32 Å². The van der Waals surface area contributed by atoms with Crippen LogP contribution in [0.5, 0.6) is 0 Å². The first-order chi connectivity index (χ1) is 11.1. The summed E-state index contributed by atoms with van der Waals surface area (Å²) < 4.78 is 0. The van der Waals surface area contributed by atoms with E-state index in [9.17, 15) is 4.79 Å². The van der Waals surface area contributed by atoms with E-state index in [1.807, 2.05) is 18.2 Å². The van der Waals surface area contributed by atoms with Crippen molar-refractivity contribution in [3.8, 4) is 0 Å². The number of fused-ring (bicyclic) bond motifs is 1. The molecule has 0 aromatic heterocycles. The summed E-state index contributed by atoms with van der Waals surface area (Å²) in [4.78, 5) is 12.3. The number of hydrogen-bond donors (Lipinski definition) is 1. The van der Waals surface area contributed by atoms with Crippen LogP contribution < -0.4 is 5.32 Å². The Balaban J connectivity index is 1.59. The van der Waals surface area contributed by atoms with Gasteiger partial charge in [0.1, 0.15) is 0 Å². The molecule has 120 valence electrons. The molecular weight excluding hydrogens is 329 g/mol. The molecule has 23 heavy (non-hydrogen) atoms. The third-order valence-electron chi connectivity index (χ3n) is 4.33. The summed E-state index contributed by atoms with van der Waals surface area (Å²) in [6.07, 6.45) is 4.35. The van der Waals surface area contributed by atoms with Crippen LogP contribution in [0.25, 0.3) is 0 Å². The molecule has 1 aliphatic rings. The van der Waals surface area contributed by atoms with Gasteiger partial charge in [0.05, 0.1) is 16.1 Å². The molecule has 0 radical (unpaired) electrons. The number of hydrogen-bond acceptors (Lipinski definition) is 1. The SMILES string of the molecule is O=C(CCc1ccc(Cl)c(Cl)c1)N[C@H]1CCCc2ccccc21. The van der Waals surface area contributed by atoms with Crippen molar-refractivity contribution in [1.29, 1.82) is 0 Å². The maximum Gasteiger partial charge on any atom is 0.220 e. The van der Waals surface area contributed by atoms with Crippen LogP contribution in [0, 0.1) is 0 Å². The molecule has 1 aliphatic carbocycles. The summed E-state index contributed by atoms with van der Waals surface area (Å²) in [6, 6.07) is 14.0. The molecule has 3 rings (SSSR count). The minimum Gasteiger partial charge on any atom is -0.349 e. The Kier molecular flexibility index (Phi) is 5.24. The van der Waals surface area contributed by atoms with Crippen molar-refractivity contribution in [2.75, 3.05) is 0 Å². The predicted molar refractivity (Wildman–Crippen MR) is 95.0 cm³/mol. The highest BCUT2D eigenvalue weighted by molar-refractivity contribution is 6.42. The zero-order chi connectivity index (χ0) is 16.2. The van der Waals surface area contributed by atoms with E-state index < -0.39 is 0 Å². The van der Waals surface area contributed by atoms with Gasteiger partial charge in [0, 0.05) is 6.42 Å². The number of halogens is 2. The fourth-order valence-electron chi connectivity index (χ4n) is 3.12. The van der Waals surface area contributed by atoms with Crippen molar-refractivity contribution >= 4 is 29.1 Å². The fourth-order valence-corrected chi connectivity index (χ4v) is 3.44. The smallest absolute Gasteiger partial charge is 0.220 e. The first kappa shape index (κ1) is 16.4. The first-order valence-corrected chi connectivity index (χ1v) is 8.70. The number of nitrogens with one attached hydrogen (secondary N) is 1. The summed E-state index contributed by atoms with van der Waals surface area (Å²) in [6.45, 7) is 0. The molecule has 2 nitrogen and oxygen atoms in total. The zero-order valence-electron chi connectivity index (χ0n) is 12.8. The fraction of sp³-hybridized carbons (Fsp3) is 0.316. The third-order valence-corrected chi connectivity index (χ3v) is 5.07. The molecule has 1 amide bonds. The molecule has 0 saturated heterocycles. The standard InChI is InChI=1S/C19H19Cl2NO/c20-16-10-8-13(12-17(16)21)9-11-19(23)22-18-7-3-5-14-4-1-2-6-15(14)18/h1-2,4,6,8,10,12,18H,3,5,7,9,11H2,(H,22,23)/t18-/m0/s1. The molecular formula is C19H19Cl2NO. The lowest BCUT2D eigenvalue weighted by atomic mass is 9.87. The highest BCUT2D eigenvalue weighted by Crippen LogP contribution is 2.29. The molecule has 0 heterocycles. The topological polar surface area (TPSA) is 29.1 Å². The quantitative estimate of drug-likeness (QED) is 0.816. The number of carbonyl (C=O) groups is 1. The number of aryl methyl sites for hydroxylation is 2.